The molecule has 1 heterocycles. The van der Waals surface area contributed by atoms with Crippen LogP contribution in [0.3, 0.4) is 0 Å². The molecular weight excluding hydrogens is 283 g/mol. The number of furan rings is 1. The molecule has 1 aromatic carbocycles. The van der Waals surface area contributed by atoms with Gasteiger partial charge in [0.1, 0.15) is 11.6 Å². The van der Waals surface area contributed by atoms with Gasteiger partial charge < -0.3 is 4.42 Å². The van der Waals surface area contributed by atoms with Crippen LogP contribution in [0.4, 0.5) is 4.39 Å². The molecule has 0 bridgehead atoms. The lowest BCUT2D eigenvalue weighted by molar-refractivity contribution is 0.0954. The van der Waals surface area contributed by atoms with Crippen LogP contribution >= 0.6 is 0 Å². The van der Waals surface area contributed by atoms with Gasteiger partial charge in [0.05, 0.1) is 12.0 Å². The fourth-order valence-electron chi connectivity index (χ4n) is 2.66. The number of fused-ring (bicyclic) bond motifs is 1. The van der Waals surface area contributed by atoms with E-state index in [9.17, 15) is 9.18 Å². The number of nitrogens with one attached hydrogen (secondary N) is 1. The lowest BCUT2D eigenvalue weighted by Gasteiger charge is -2.29. The molecule has 1 N–H and O–H groups in total. The van der Waals surface area contributed by atoms with Crippen molar-refractivity contribution in [2.45, 2.75) is 26.7 Å². The molecule has 1 aliphatic carbocycles. The summed E-state index contributed by atoms with van der Waals surface area (Å²) >= 11 is 0. The molecule has 2 aromatic rings. The van der Waals surface area contributed by atoms with Crippen LogP contribution in [0.1, 0.15) is 41.9 Å². The van der Waals surface area contributed by atoms with Crippen molar-refractivity contribution in [1.82, 2.24) is 5.43 Å². The Hall–Kier alpha value is -2.43. The van der Waals surface area contributed by atoms with Gasteiger partial charge in [-0.05, 0) is 42.2 Å². The number of carbonyl (C=O) groups is 1. The van der Waals surface area contributed by atoms with Crippen LogP contribution in [0, 0.1) is 11.2 Å². The van der Waals surface area contributed by atoms with Gasteiger partial charge in [0, 0.05) is 17.5 Å². The van der Waals surface area contributed by atoms with Gasteiger partial charge in [-0.2, -0.15) is 5.10 Å². The van der Waals surface area contributed by atoms with Crippen LogP contribution in [-0.2, 0) is 6.42 Å². The van der Waals surface area contributed by atoms with Crippen molar-refractivity contribution < 1.29 is 13.6 Å². The highest BCUT2D eigenvalue weighted by atomic mass is 19.1. The fraction of sp³-hybridized carbons (Fsp3) is 0.294. The topological polar surface area (TPSA) is 54.6 Å². The van der Waals surface area contributed by atoms with E-state index in [0.29, 0.717) is 5.56 Å². The van der Waals surface area contributed by atoms with Crippen molar-refractivity contribution in [3.8, 4) is 0 Å². The molecular formula is C17H17FN2O2. The number of carbonyl (C=O) groups excluding carboxylic acids is 1. The molecule has 3 rings (SSSR count). The SMILES string of the molecule is CC1(C)CC(=NNC(=O)c2ccc(F)cc2)c2ccoc2C1. The van der Waals surface area contributed by atoms with E-state index in [1.807, 2.05) is 6.07 Å². The second kappa shape index (κ2) is 5.40. The van der Waals surface area contributed by atoms with Crippen LogP contribution in [0.5, 0.6) is 0 Å². The molecule has 4 nitrogen and oxygen atoms in total. The lowest BCUT2D eigenvalue weighted by atomic mass is 9.76. The van der Waals surface area contributed by atoms with Crippen molar-refractivity contribution in [1.29, 1.82) is 0 Å². The summed E-state index contributed by atoms with van der Waals surface area (Å²) in [5.74, 6) is 0.159. The number of hydrazone groups is 1. The Bertz CT molecular complexity index is 729. The zero-order valence-electron chi connectivity index (χ0n) is 12.5. The normalized spacial score (nSPS) is 18.0. The Labute approximate surface area is 128 Å². The minimum Gasteiger partial charge on any atom is -0.469 e. The van der Waals surface area contributed by atoms with Crippen LogP contribution in [0.25, 0.3) is 0 Å². The standard InChI is InChI=1S/C17H17FN2O2/c1-17(2)9-14(13-7-8-22-15(13)10-17)19-20-16(21)11-3-5-12(18)6-4-11/h3-8H,9-10H2,1-2H3,(H,20,21). The highest BCUT2D eigenvalue weighted by Gasteiger charge is 2.31. The first-order chi connectivity index (χ1) is 10.4. The largest absolute Gasteiger partial charge is 0.469 e. The molecule has 0 aliphatic heterocycles. The predicted molar refractivity (Wildman–Crippen MR) is 81.2 cm³/mol. The first-order valence-corrected chi connectivity index (χ1v) is 7.14. The van der Waals surface area contributed by atoms with Crippen molar-refractivity contribution in [2.24, 2.45) is 10.5 Å². The van der Waals surface area contributed by atoms with E-state index in [0.717, 1.165) is 29.9 Å². The third-order valence-corrected chi connectivity index (χ3v) is 3.74. The predicted octanol–water partition coefficient (Wildman–Crippen LogP) is 3.53. The molecule has 0 spiro atoms. The van der Waals surface area contributed by atoms with Gasteiger partial charge in [-0.25, -0.2) is 9.82 Å². The summed E-state index contributed by atoms with van der Waals surface area (Å²) in [6, 6.07) is 7.23. The van der Waals surface area contributed by atoms with Crippen molar-refractivity contribution >= 4 is 11.6 Å². The van der Waals surface area contributed by atoms with E-state index in [4.69, 9.17) is 4.42 Å². The second-order valence-electron chi connectivity index (χ2n) is 6.28. The van der Waals surface area contributed by atoms with Gasteiger partial charge in [-0.3, -0.25) is 4.79 Å². The van der Waals surface area contributed by atoms with Gasteiger partial charge in [-0.1, -0.05) is 13.8 Å². The van der Waals surface area contributed by atoms with E-state index in [-0.39, 0.29) is 17.1 Å². The molecule has 5 heteroatoms. The van der Waals surface area contributed by atoms with Gasteiger partial charge in [-0.15, -0.1) is 0 Å². The summed E-state index contributed by atoms with van der Waals surface area (Å²) in [5, 5.41) is 4.25. The van der Waals surface area contributed by atoms with E-state index < -0.39 is 0 Å². The highest BCUT2D eigenvalue weighted by Crippen LogP contribution is 2.35. The molecule has 1 aliphatic rings. The van der Waals surface area contributed by atoms with Crippen LogP contribution in [0.2, 0.25) is 0 Å². The molecule has 22 heavy (non-hydrogen) atoms. The number of hydrogen-bond donors (Lipinski definition) is 1. The molecule has 1 aromatic heterocycles. The van der Waals surface area contributed by atoms with Crippen molar-refractivity contribution in [2.75, 3.05) is 0 Å². The molecule has 0 saturated carbocycles. The zero-order chi connectivity index (χ0) is 15.7. The maximum atomic E-state index is 12.9. The van der Waals surface area contributed by atoms with E-state index in [1.54, 1.807) is 6.26 Å². The average Bonchev–Trinajstić information content (AvgIpc) is 2.92. The molecule has 0 unspecified atom stereocenters. The Balaban J connectivity index is 1.81. The summed E-state index contributed by atoms with van der Waals surface area (Å²) in [7, 11) is 0. The van der Waals surface area contributed by atoms with E-state index in [2.05, 4.69) is 24.4 Å². The summed E-state index contributed by atoms with van der Waals surface area (Å²) in [5.41, 5.74) is 4.69. The fourth-order valence-corrected chi connectivity index (χ4v) is 2.66. The molecule has 0 saturated heterocycles. The van der Waals surface area contributed by atoms with Crippen molar-refractivity contribution in [3.05, 3.63) is 59.3 Å². The number of nitrogens with zero attached hydrogens (tertiary/aromatic N) is 1. The highest BCUT2D eigenvalue weighted by molar-refractivity contribution is 6.04. The first-order valence-electron chi connectivity index (χ1n) is 7.14. The minimum atomic E-state index is -0.375. The third kappa shape index (κ3) is 2.93. The van der Waals surface area contributed by atoms with Crippen LogP contribution in [0.15, 0.2) is 46.1 Å². The Morgan fingerprint density at radius 2 is 1.95 bits per heavy atom. The summed E-state index contributed by atoms with van der Waals surface area (Å²) in [6.45, 7) is 4.27. The van der Waals surface area contributed by atoms with E-state index in [1.165, 1.54) is 24.3 Å². The van der Waals surface area contributed by atoms with Crippen molar-refractivity contribution in [3.63, 3.8) is 0 Å². The monoisotopic (exact) mass is 300 g/mol. The summed E-state index contributed by atoms with van der Waals surface area (Å²) in [4.78, 5) is 12.0. The first kappa shape index (κ1) is 14.5. The Kier molecular flexibility index (Phi) is 3.56. The lowest BCUT2D eigenvalue weighted by Crippen LogP contribution is -2.29. The number of rotatable bonds is 2. The van der Waals surface area contributed by atoms with Gasteiger partial charge in [0.25, 0.3) is 5.91 Å². The average molecular weight is 300 g/mol. The Morgan fingerprint density at radius 3 is 2.68 bits per heavy atom. The van der Waals surface area contributed by atoms with Gasteiger partial charge >= 0.3 is 0 Å². The second-order valence-corrected chi connectivity index (χ2v) is 6.28. The molecule has 0 radical (unpaired) electrons. The molecule has 1 amide bonds. The summed E-state index contributed by atoms with van der Waals surface area (Å²) in [6.07, 6.45) is 3.24. The molecule has 0 atom stereocenters. The van der Waals surface area contributed by atoms with Crippen LogP contribution in [-0.4, -0.2) is 11.6 Å². The zero-order valence-corrected chi connectivity index (χ0v) is 12.5. The quantitative estimate of drug-likeness (QED) is 0.863. The number of halogens is 1. The smallest absolute Gasteiger partial charge is 0.271 e. The molecule has 114 valence electrons. The summed E-state index contributed by atoms with van der Waals surface area (Å²) < 4.78 is 18.4. The van der Waals surface area contributed by atoms with Gasteiger partial charge in [0.15, 0.2) is 0 Å². The molecule has 0 fully saturated rings. The maximum absolute atomic E-state index is 12.9. The van der Waals surface area contributed by atoms with Crippen LogP contribution < -0.4 is 5.43 Å². The Morgan fingerprint density at radius 1 is 1.23 bits per heavy atom. The van der Waals surface area contributed by atoms with E-state index >= 15 is 0 Å². The third-order valence-electron chi connectivity index (χ3n) is 3.74. The number of hydrogen-bond acceptors (Lipinski definition) is 3. The maximum Gasteiger partial charge on any atom is 0.271 e. The number of benzene rings is 1. The van der Waals surface area contributed by atoms with Gasteiger partial charge in [0.2, 0.25) is 0 Å². The number of amides is 1. The minimum absolute atomic E-state index is 0.0320.